The summed E-state index contributed by atoms with van der Waals surface area (Å²) in [5.41, 5.74) is 0. The number of aliphatic carboxylic acids is 1. The number of ether oxygens (including phenoxy) is 2. The van der Waals surface area contributed by atoms with Gasteiger partial charge in [0.15, 0.2) is 0 Å². The molecule has 160 valence electrons. The van der Waals surface area contributed by atoms with Crippen molar-refractivity contribution in [1.82, 2.24) is 0 Å². The molecule has 0 saturated heterocycles. The summed E-state index contributed by atoms with van der Waals surface area (Å²) in [6.07, 6.45) is 5.73. The summed E-state index contributed by atoms with van der Waals surface area (Å²) in [5.74, 6) is 0.574. The second-order valence-corrected chi connectivity index (χ2v) is 8.42. The van der Waals surface area contributed by atoms with Crippen molar-refractivity contribution in [2.45, 2.75) is 50.4 Å². The number of hydrogen-bond acceptors (Lipinski definition) is 5. The summed E-state index contributed by atoms with van der Waals surface area (Å²) in [7, 11) is 0. The average molecular weight is 425 g/mol. The van der Waals surface area contributed by atoms with Crippen LogP contribution in [0.15, 0.2) is 36.4 Å². The molecule has 2 aliphatic rings. The van der Waals surface area contributed by atoms with Gasteiger partial charge in [0.25, 0.3) is 0 Å². The van der Waals surface area contributed by atoms with E-state index in [9.17, 15) is 15.0 Å². The number of hydrogen-bond donors (Lipinski definition) is 3. The Hall–Kier alpha value is -1.60. The van der Waals surface area contributed by atoms with E-state index in [1.54, 1.807) is 30.3 Å². The van der Waals surface area contributed by atoms with Crippen LogP contribution < -0.4 is 4.74 Å². The summed E-state index contributed by atoms with van der Waals surface area (Å²) in [6, 6.07) is 6.96. The first-order valence-electron chi connectivity index (χ1n) is 10.2. The maximum Gasteiger partial charge on any atom is 0.303 e. The van der Waals surface area contributed by atoms with Crippen LogP contribution in [0.2, 0.25) is 5.02 Å². The molecule has 0 spiro atoms. The Bertz CT molecular complexity index is 691. The number of halogens is 1. The quantitative estimate of drug-likeness (QED) is 0.394. The minimum absolute atomic E-state index is 0.00204. The predicted molar refractivity (Wildman–Crippen MR) is 109 cm³/mol. The molecule has 2 aliphatic carbocycles. The summed E-state index contributed by atoms with van der Waals surface area (Å²) >= 11 is 5.84. The number of carbonyl (C=O) groups is 1. The van der Waals surface area contributed by atoms with E-state index >= 15 is 0 Å². The number of carboxylic acids is 1. The molecule has 7 heteroatoms. The zero-order valence-electron chi connectivity index (χ0n) is 16.3. The third-order valence-corrected chi connectivity index (χ3v) is 6.12. The van der Waals surface area contributed by atoms with E-state index in [1.807, 2.05) is 6.08 Å². The first-order chi connectivity index (χ1) is 13.9. The molecule has 1 aromatic carbocycles. The van der Waals surface area contributed by atoms with E-state index in [4.69, 9.17) is 26.2 Å². The second-order valence-electron chi connectivity index (χ2n) is 7.98. The van der Waals surface area contributed by atoms with Gasteiger partial charge in [-0.05, 0) is 61.8 Å². The third-order valence-electron chi connectivity index (χ3n) is 5.87. The molecule has 3 N–H and O–H groups in total. The lowest BCUT2D eigenvalue weighted by Gasteiger charge is -2.19. The fraction of sp³-hybridized carbons (Fsp3) is 0.591. The molecule has 3 rings (SSSR count). The molecule has 2 unspecified atom stereocenters. The fourth-order valence-electron chi connectivity index (χ4n) is 4.50. The molecule has 6 atom stereocenters. The SMILES string of the molecule is O=C(O)CCCOC1C[C@H]2C[C@@H](O)[C@H](C=CC(O)COc3ccc(Cl)cc3)[C@@H]2C1. The van der Waals surface area contributed by atoms with Crippen LogP contribution in [-0.2, 0) is 9.53 Å². The normalized spacial score (nSPS) is 29.8. The first-order valence-corrected chi connectivity index (χ1v) is 10.6. The van der Waals surface area contributed by atoms with Gasteiger partial charge in [0.05, 0.1) is 12.2 Å². The molecule has 2 fully saturated rings. The Morgan fingerprint density at radius 2 is 2.00 bits per heavy atom. The molecule has 0 bridgehead atoms. The third kappa shape index (κ3) is 6.44. The summed E-state index contributed by atoms with van der Waals surface area (Å²) in [5, 5.41) is 29.9. The summed E-state index contributed by atoms with van der Waals surface area (Å²) < 4.78 is 11.4. The van der Waals surface area contributed by atoms with E-state index in [-0.39, 0.29) is 25.0 Å². The maximum atomic E-state index is 10.6. The predicted octanol–water partition coefficient (Wildman–Crippen LogP) is 3.29. The number of benzene rings is 1. The van der Waals surface area contributed by atoms with Gasteiger partial charge in [-0.25, -0.2) is 0 Å². The van der Waals surface area contributed by atoms with Crippen LogP contribution in [0, 0.1) is 17.8 Å². The van der Waals surface area contributed by atoms with Gasteiger partial charge in [0.1, 0.15) is 18.5 Å². The summed E-state index contributed by atoms with van der Waals surface area (Å²) in [4.78, 5) is 10.6. The van der Waals surface area contributed by atoms with Crippen LogP contribution >= 0.6 is 11.6 Å². The number of aliphatic hydroxyl groups excluding tert-OH is 2. The molecule has 0 heterocycles. The van der Waals surface area contributed by atoms with Crippen molar-refractivity contribution in [3.63, 3.8) is 0 Å². The van der Waals surface area contributed by atoms with Crippen molar-refractivity contribution in [3.8, 4) is 5.75 Å². The van der Waals surface area contributed by atoms with Gasteiger partial charge in [-0.3, -0.25) is 4.79 Å². The number of carboxylic acid groups (broad SMARTS) is 1. The lowest BCUT2D eigenvalue weighted by Crippen LogP contribution is -2.21. The van der Waals surface area contributed by atoms with Gasteiger partial charge >= 0.3 is 5.97 Å². The van der Waals surface area contributed by atoms with Crippen LogP contribution in [0.25, 0.3) is 0 Å². The highest BCUT2D eigenvalue weighted by molar-refractivity contribution is 6.30. The standard InChI is InChI=1S/C22H29ClO6/c23-15-3-6-17(7-4-15)29-13-16(24)5-8-19-20-12-18(10-14(20)11-21(19)25)28-9-1-2-22(26)27/h3-8,14,16,18-21,24-25H,1-2,9-13H2,(H,26,27)/t14-,16?,18?,19+,20+,21+/m0/s1. The van der Waals surface area contributed by atoms with Crippen molar-refractivity contribution in [1.29, 1.82) is 0 Å². The molecule has 2 saturated carbocycles. The Labute approximate surface area is 176 Å². The first kappa shape index (κ1) is 22.1. The van der Waals surface area contributed by atoms with Gasteiger partial charge in [-0.15, -0.1) is 0 Å². The minimum Gasteiger partial charge on any atom is -0.491 e. The zero-order valence-corrected chi connectivity index (χ0v) is 17.1. The molecular weight excluding hydrogens is 396 g/mol. The van der Waals surface area contributed by atoms with Gasteiger partial charge in [0, 0.05) is 24.0 Å². The Kier molecular flexibility index (Phi) is 7.95. The average Bonchev–Trinajstić information content (AvgIpc) is 3.19. The largest absolute Gasteiger partial charge is 0.491 e. The highest BCUT2D eigenvalue weighted by atomic mass is 35.5. The Morgan fingerprint density at radius 1 is 1.24 bits per heavy atom. The number of aliphatic hydroxyl groups is 2. The molecule has 1 aromatic rings. The number of rotatable bonds is 10. The van der Waals surface area contributed by atoms with Crippen molar-refractivity contribution >= 4 is 17.6 Å². The number of fused-ring (bicyclic) bond motifs is 1. The molecule has 0 radical (unpaired) electrons. The maximum absolute atomic E-state index is 10.6. The van der Waals surface area contributed by atoms with Crippen LogP contribution in [0.3, 0.4) is 0 Å². The van der Waals surface area contributed by atoms with Gasteiger partial charge in [0.2, 0.25) is 0 Å². The van der Waals surface area contributed by atoms with Crippen molar-refractivity contribution in [2.24, 2.45) is 17.8 Å². The molecule has 29 heavy (non-hydrogen) atoms. The van der Waals surface area contributed by atoms with Crippen molar-refractivity contribution < 1.29 is 29.6 Å². The minimum atomic E-state index is -0.802. The summed E-state index contributed by atoms with van der Waals surface area (Å²) in [6.45, 7) is 0.588. The van der Waals surface area contributed by atoms with Crippen LogP contribution in [0.5, 0.6) is 5.75 Å². The lowest BCUT2D eigenvalue weighted by atomic mass is 9.90. The Morgan fingerprint density at radius 3 is 2.72 bits per heavy atom. The smallest absolute Gasteiger partial charge is 0.303 e. The van der Waals surface area contributed by atoms with E-state index in [0.717, 1.165) is 19.3 Å². The second kappa shape index (κ2) is 10.4. The zero-order chi connectivity index (χ0) is 20.8. The fourth-order valence-corrected chi connectivity index (χ4v) is 4.63. The van der Waals surface area contributed by atoms with Gasteiger partial charge in [-0.2, -0.15) is 0 Å². The van der Waals surface area contributed by atoms with Crippen LogP contribution in [0.1, 0.15) is 32.1 Å². The van der Waals surface area contributed by atoms with Crippen molar-refractivity contribution in [3.05, 3.63) is 41.4 Å². The van der Waals surface area contributed by atoms with Gasteiger partial charge in [-0.1, -0.05) is 23.8 Å². The Balaban J connectivity index is 1.44. The topological polar surface area (TPSA) is 96.2 Å². The van der Waals surface area contributed by atoms with E-state index in [2.05, 4.69) is 0 Å². The monoisotopic (exact) mass is 424 g/mol. The highest BCUT2D eigenvalue weighted by Crippen LogP contribution is 2.49. The highest BCUT2D eigenvalue weighted by Gasteiger charge is 2.47. The van der Waals surface area contributed by atoms with Crippen molar-refractivity contribution in [2.75, 3.05) is 13.2 Å². The molecule has 0 amide bonds. The lowest BCUT2D eigenvalue weighted by molar-refractivity contribution is -0.137. The van der Waals surface area contributed by atoms with E-state index in [0.29, 0.717) is 35.6 Å². The van der Waals surface area contributed by atoms with Crippen LogP contribution in [-0.4, -0.2) is 52.8 Å². The molecule has 6 nitrogen and oxygen atoms in total. The van der Waals surface area contributed by atoms with Crippen LogP contribution in [0.4, 0.5) is 0 Å². The van der Waals surface area contributed by atoms with E-state index in [1.165, 1.54) is 0 Å². The molecule has 0 aromatic heterocycles. The molecule has 0 aliphatic heterocycles. The van der Waals surface area contributed by atoms with Gasteiger partial charge < -0.3 is 24.8 Å². The molecular formula is C22H29ClO6. The van der Waals surface area contributed by atoms with E-state index < -0.39 is 18.2 Å².